The van der Waals surface area contributed by atoms with E-state index in [2.05, 4.69) is 5.32 Å². The van der Waals surface area contributed by atoms with Crippen LogP contribution in [0.5, 0.6) is 0 Å². The third-order valence-electron chi connectivity index (χ3n) is 2.70. The van der Waals surface area contributed by atoms with E-state index in [1.807, 2.05) is 6.92 Å². The van der Waals surface area contributed by atoms with E-state index in [0.717, 1.165) is 12.5 Å². The Morgan fingerprint density at radius 3 is 2.45 bits per heavy atom. The van der Waals surface area contributed by atoms with Crippen LogP contribution in [0, 0.1) is 0 Å². The topological polar surface area (TPSA) is 72.2 Å². The summed E-state index contributed by atoms with van der Waals surface area (Å²) in [6.45, 7) is 2.14. The molecule has 4 nitrogen and oxygen atoms in total. The first-order chi connectivity index (χ1) is 9.20. The van der Waals surface area contributed by atoms with E-state index in [0.29, 0.717) is 6.42 Å². The van der Waals surface area contributed by atoms with Gasteiger partial charge in [-0.05, 0) is 18.6 Å². The predicted molar refractivity (Wildman–Crippen MR) is 71.1 cm³/mol. The molecule has 0 amide bonds. The van der Waals surface area contributed by atoms with Crippen LogP contribution in [-0.2, 0) is 9.84 Å². The lowest BCUT2D eigenvalue weighted by Crippen LogP contribution is -2.30. The molecule has 3 N–H and O–H groups in total. The summed E-state index contributed by atoms with van der Waals surface area (Å²) in [6.07, 6.45) is 1.53. The molecule has 0 aliphatic rings. The Morgan fingerprint density at radius 1 is 1.30 bits per heavy atom. The largest absolute Gasteiger partial charge is 0.501 e. The summed E-state index contributed by atoms with van der Waals surface area (Å²) in [4.78, 5) is -0.781. The van der Waals surface area contributed by atoms with Crippen molar-refractivity contribution in [2.45, 2.75) is 36.2 Å². The molecule has 1 atom stereocenters. The third kappa shape index (κ3) is 3.86. The van der Waals surface area contributed by atoms with Crippen LogP contribution in [0.4, 0.5) is 18.9 Å². The molecular formula is C12H17F3N2O2S. The van der Waals surface area contributed by atoms with Crippen LogP contribution in [0.15, 0.2) is 29.2 Å². The minimum Gasteiger partial charge on any atom is -0.382 e. The number of nitrogens with two attached hydrogens (primary N) is 1. The molecule has 0 aliphatic carbocycles. The van der Waals surface area contributed by atoms with E-state index in [4.69, 9.17) is 5.73 Å². The van der Waals surface area contributed by atoms with Crippen LogP contribution < -0.4 is 11.1 Å². The number of halogens is 3. The first-order valence-electron chi connectivity index (χ1n) is 6.10. The Kier molecular flexibility index (Phi) is 5.41. The van der Waals surface area contributed by atoms with Crippen molar-refractivity contribution in [3.8, 4) is 0 Å². The number of hydrogen-bond acceptors (Lipinski definition) is 4. The SMILES string of the molecule is CCCC(N)CNc1ccccc1S(=O)(=O)C(F)(F)F. The number of hydrogen-bond donors (Lipinski definition) is 2. The maximum atomic E-state index is 12.6. The van der Waals surface area contributed by atoms with Gasteiger partial charge < -0.3 is 11.1 Å². The Labute approximate surface area is 116 Å². The van der Waals surface area contributed by atoms with Crippen molar-refractivity contribution in [3.63, 3.8) is 0 Å². The highest BCUT2D eigenvalue weighted by atomic mass is 32.2. The van der Waals surface area contributed by atoms with E-state index in [9.17, 15) is 21.6 Å². The zero-order valence-corrected chi connectivity index (χ0v) is 11.8. The zero-order valence-electron chi connectivity index (χ0n) is 10.9. The second-order valence-corrected chi connectivity index (χ2v) is 6.28. The van der Waals surface area contributed by atoms with Crippen molar-refractivity contribution in [2.75, 3.05) is 11.9 Å². The van der Waals surface area contributed by atoms with Gasteiger partial charge in [-0.25, -0.2) is 8.42 Å². The van der Waals surface area contributed by atoms with Crippen LogP contribution in [0.25, 0.3) is 0 Å². The lowest BCUT2D eigenvalue weighted by molar-refractivity contribution is -0.0435. The quantitative estimate of drug-likeness (QED) is 0.847. The van der Waals surface area contributed by atoms with Crippen molar-refractivity contribution in [1.29, 1.82) is 0 Å². The van der Waals surface area contributed by atoms with Gasteiger partial charge in [-0.1, -0.05) is 25.5 Å². The summed E-state index contributed by atoms with van der Waals surface area (Å²) < 4.78 is 60.6. The molecule has 114 valence electrons. The fourth-order valence-corrected chi connectivity index (χ4v) is 2.62. The predicted octanol–water partition coefficient (Wildman–Crippen LogP) is 2.52. The van der Waals surface area contributed by atoms with Crippen molar-refractivity contribution in [3.05, 3.63) is 24.3 Å². The lowest BCUT2D eigenvalue weighted by Gasteiger charge is -2.16. The summed E-state index contributed by atoms with van der Waals surface area (Å²) in [5.41, 5.74) is 0.333. The van der Waals surface area contributed by atoms with Crippen LogP contribution >= 0.6 is 0 Å². The number of rotatable bonds is 6. The van der Waals surface area contributed by atoms with E-state index in [1.165, 1.54) is 18.2 Å². The third-order valence-corrected chi connectivity index (χ3v) is 4.24. The van der Waals surface area contributed by atoms with Crippen LogP contribution in [0.3, 0.4) is 0 Å². The van der Waals surface area contributed by atoms with Crippen LogP contribution in [0.2, 0.25) is 0 Å². The van der Waals surface area contributed by atoms with Crippen LogP contribution in [0.1, 0.15) is 19.8 Å². The van der Waals surface area contributed by atoms with Crippen molar-refractivity contribution in [1.82, 2.24) is 0 Å². The van der Waals surface area contributed by atoms with Gasteiger partial charge >= 0.3 is 5.51 Å². The molecule has 1 rings (SSSR count). The second-order valence-electron chi connectivity index (χ2n) is 4.37. The maximum absolute atomic E-state index is 12.6. The first-order valence-corrected chi connectivity index (χ1v) is 7.58. The van der Waals surface area contributed by atoms with E-state index >= 15 is 0 Å². The Balaban J connectivity index is 3.01. The lowest BCUT2D eigenvalue weighted by atomic mass is 10.2. The summed E-state index contributed by atoms with van der Waals surface area (Å²) in [6, 6.07) is 4.67. The van der Waals surface area contributed by atoms with Gasteiger partial charge in [0.05, 0.1) is 10.6 Å². The van der Waals surface area contributed by atoms with Gasteiger partial charge in [0, 0.05) is 12.6 Å². The summed E-state index contributed by atoms with van der Waals surface area (Å²) >= 11 is 0. The molecule has 0 aromatic heterocycles. The van der Waals surface area contributed by atoms with E-state index < -0.39 is 20.2 Å². The maximum Gasteiger partial charge on any atom is 0.501 e. The molecule has 0 bridgehead atoms. The molecule has 0 fully saturated rings. The van der Waals surface area contributed by atoms with Gasteiger partial charge in [0.15, 0.2) is 0 Å². The Hall–Kier alpha value is -1.28. The van der Waals surface area contributed by atoms with Gasteiger partial charge in [0.1, 0.15) is 0 Å². The molecule has 0 radical (unpaired) electrons. The normalized spacial score (nSPS) is 14.1. The number of alkyl halides is 3. The number of sulfone groups is 1. The smallest absolute Gasteiger partial charge is 0.382 e. The molecule has 0 spiro atoms. The van der Waals surface area contributed by atoms with Crippen LogP contribution in [-0.4, -0.2) is 26.5 Å². The molecule has 0 heterocycles. The monoisotopic (exact) mass is 310 g/mol. The molecule has 1 unspecified atom stereocenters. The second kappa shape index (κ2) is 6.45. The highest BCUT2D eigenvalue weighted by molar-refractivity contribution is 7.92. The van der Waals surface area contributed by atoms with E-state index in [1.54, 1.807) is 0 Å². The molecule has 0 aliphatic heterocycles. The fourth-order valence-electron chi connectivity index (χ4n) is 1.69. The molecule has 0 saturated heterocycles. The van der Waals surface area contributed by atoms with Gasteiger partial charge in [-0.2, -0.15) is 13.2 Å². The molecule has 1 aromatic carbocycles. The number of para-hydroxylation sites is 1. The van der Waals surface area contributed by atoms with Gasteiger partial charge in [0.2, 0.25) is 0 Å². The van der Waals surface area contributed by atoms with Gasteiger partial charge in [0.25, 0.3) is 9.84 Å². The van der Waals surface area contributed by atoms with Crippen molar-refractivity contribution < 1.29 is 21.6 Å². The van der Waals surface area contributed by atoms with Crippen molar-refractivity contribution in [2.24, 2.45) is 5.73 Å². The number of anilines is 1. The molecular weight excluding hydrogens is 293 g/mol. The number of nitrogens with one attached hydrogen (secondary N) is 1. The number of benzene rings is 1. The summed E-state index contributed by atoms with van der Waals surface area (Å²) in [7, 11) is -5.37. The summed E-state index contributed by atoms with van der Waals surface area (Å²) in [5.74, 6) is 0. The standard InChI is InChI=1S/C12H17F3N2O2S/c1-2-5-9(16)8-17-10-6-3-4-7-11(10)20(18,19)12(13,14)15/h3-4,6-7,9,17H,2,5,8,16H2,1H3. The highest BCUT2D eigenvalue weighted by Gasteiger charge is 2.47. The van der Waals surface area contributed by atoms with E-state index in [-0.39, 0.29) is 18.3 Å². The fraction of sp³-hybridized carbons (Fsp3) is 0.500. The van der Waals surface area contributed by atoms with Crippen molar-refractivity contribution >= 4 is 15.5 Å². The Morgan fingerprint density at radius 2 is 1.90 bits per heavy atom. The first kappa shape index (κ1) is 16.8. The molecule has 8 heteroatoms. The average Bonchev–Trinajstić information content (AvgIpc) is 2.35. The molecule has 1 aromatic rings. The van der Waals surface area contributed by atoms with Gasteiger partial charge in [-0.15, -0.1) is 0 Å². The zero-order chi connectivity index (χ0) is 15.4. The van der Waals surface area contributed by atoms with Gasteiger partial charge in [-0.3, -0.25) is 0 Å². The minimum atomic E-state index is -5.37. The Bertz CT molecular complexity index is 544. The summed E-state index contributed by atoms with van der Waals surface area (Å²) in [5, 5.41) is 2.67. The average molecular weight is 310 g/mol. The minimum absolute atomic E-state index is 0.0867. The molecule has 20 heavy (non-hydrogen) atoms. The highest BCUT2D eigenvalue weighted by Crippen LogP contribution is 2.34. The molecule has 0 saturated carbocycles.